The first-order valence-corrected chi connectivity index (χ1v) is 5.30. The summed E-state index contributed by atoms with van der Waals surface area (Å²) in [6.45, 7) is 6.09. The van der Waals surface area contributed by atoms with E-state index in [4.69, 9.17) is 17.4 Å². The van der Waals surface area contributed by atoms with E-state index in [0.29, 0.717) is 0 Å². The van der Waals surface area contributed by atoms with Crippen LogP contribution in [0.5, 0.6) is 0 Å². The second kappa shape index (κ2) is 5.31. The summed E-state index contributed by atoms with van der Waals surface area (Å²) < 4.78 is 0. The molecule has 0 spiro atoms. The van der Waals surface area contributed by atoms with Crippen LogP contribution in [-0.2, 0) is 0 Å². The van der Waals surface area contributed by atoms with E-state index >= 15 is 0 Å². The Morgan fingerprint density at radius 1 is 1.47 bits per heavy atom. The quantitative estimate of drug-likeness (QED) is 0.470. The highest BCUT2D eigenvalue weighted by Crippen LogP contribution is 2.25. The van der Waals surface area contributed by atoms with E-state index in [0.717, 1.165) is 16.1 Å². The Kier molecular flexibility index (Phi) is 4.33. The topological polar surface area (TPSA) is 38.0 Å². The summed E-state index contributed by atoms with van der Waals surface area (Å²) in [5.41, 5.74) is 6.19. The summed E-state index contributed by atoms with van der Waals surface area (Å²) in [6.07, 6.45) is 2.08. The van der Waals surface area contributed by atoms with Gasteiger partial charge >= 0.3 is 0 Å². The fraction of sp³-hybridized carbons (Fsp3) is 0.333. The molecule has 1 aromatic rings. The third-order valence-corrected chi connectivity index (χ3v) is 2.73. The number of nitrogens with one attached hydrogen (secondary N) is 1. The summed E-state index contributed by atoms with van der Waals surface area (Å²) in [4.78, 5) is 0. The van der Waals surface area contributed by atoms with Crippen LogP contribution in [0.3, 0.4) is 0 Å². The highest BCUT2D eigenvalue weighted by molar-refractivity contribution is 6.31. The van der Waals surface area contributed by atoms with Gasteiger partial charge in [0.05, 0.1) is 6.04 Å². The van der Waals surface area contributed by atoms with E-state index < -0.39 is 0 Å². The van der Waals surface area contributed by atoms with E-state index in [2.05, 4.69) is 11.5 Å². The number of hydrazine groups is 1. The second-order valence-electron chi connectivity index (χ2n) is 3.84. The van der Waals surface area contributed by atoms with E-state index in [1.807, 2.05) is 39.0 Å². The molecular weight excluding hydrogens is 208 g/mol. The van der Waals surface area contributed by atoms with Crippen molar-refractivity contribution in [2.24, 2.45) is 5.84 Å². The standard InChI is InChI=1S/C12H17ClN2/c1-8(2)7-12(15-14)10-5-4-6-11(13)9(10)3/h4-7,12,15H,14H2,1-3H3. The minimum atomic E-state index is 0.0219. The SMILES string of the molecule is CC(C)=CC(NN)c1cccc(Cl)c1C. The fourth-order valence-electron chi connectivity index (χ4n) is 1.52. The number of benzene rings is 1. The molecule has 0 saturated heterocycles. The van der Waals surface area contributed by atoms with E-state index in [9.17, 15) is 0 Å². The van der Waals surface area contributed by atoms with Crippen molar-refractivity contribution in [3.8, 4) is 0 Å². The molecule has 0 amide bonds. The van der Waals surface area contributed by atoms with Crippen LogP contribution < -0.4 is 11.3 Å². The molecule has 3 N–H and O–H groups in total. The Balaban J connectivity index is 3.13. The van der Waals surface area contributed by atoms with E-state index in [1.165, 1.54) is 5.57 Å². The van der Waals surface area contributed by atoms with Gasteiger partial charge in [-0.05, 0) is 38.0 Å². The lowest BCUT2D eigenvalue weighted by atomic mass is 10.00. The van der Waals surface area contributed by atoms with Crippen molar-refractivity contribution in [2.45, 2.75) is 26.8 Å². The Bertz CT molecular complexity index is 368. The number of nitrogens with two attached hydrogens (primary N) is 1. The van der Waals surface area contributed by atoms with Crippen LogP contribution in [0.25, 0.3) is 0 Å². The highest BCUT2D eigenvalue weighted by Gasteiger charge is 2.10. The zero-order valence-electron chi connectivity index (χ0n) is 9.34. The third kappa shape index (κ3) is 3.06. The smallest absolute Gasteiger partial charge is 0.0646 e. The first-order chi connectivity index (χ1) is 7.06. The molecule has 1 rings (SSSR count). The van der Waals surface area contributed by atoms with Gasteiger partial charge in [0.2, 0.25) is 0 Å². The van der Waals surface area contributed by atoms with Crippen LogP contribution in [0.1, 0.15) is 31.0 Å². The second-order valence-corrected chi connectivity index (χ2v) is 4.25. The predicted octanol–water partition coefficient (Wildman–Crippen LogP) is 3.12. The molecule has 0 radical (unpaired) electrons. The Morgan fingerprint density at radius 2 is 2.13 bits per heavy atom. The molecule has 0 heterocycles. The van der Waals surface area contributed by atoms with Crippen molar-refractivity contribution in [1.82, 2.24) is 5.43 Å². The van der Waals surface area contributed by atoms with Gasteiger partial charge in [-0.2, -0.15) is 0 Å². The first-order valence-electron chi connectivity index (χ1n) is 4.92. The first kappa shape index (κ1) is 12.2. The van der Waals surface area contributed by atoms with Crippen LogP contribution in [0, 0.1) is 6.92 Å². The average Bonchev–Trinajstić information content (AvgIpc) is 2.19. The average molecular weight is 225 g/mol. The van der Waals surface area contributed by atoms with Crippen LogP contribution in [0.4, 0.5) is 0 Å². The summed E-state index contributed by atoms with van der Waals surface area (Å²) >= 11 is 6.06. The molecule has 3 heteroatoms. The van der Waals surface area contributed by atoms with Crippen LogP contribution in [0.2, 0.25) is 5.02 Å². The minimum Gasteiger partial charge on any atom is -0.271 e. The van der Waals surface area contributed by atoms with E-state index in [1.54, 1.807) is 0 Å². The maximum Gasteiger partial charge on any atom is 0.0646 e. The van der Waals surface area contributed by atoms with E-state index in [-0.39, 0.29) is 6.04 Å². The van der Waals surface area contributed by atoms with Crippen molar-refractivity contribution in [1.29, 1.82) is 0 Å². The zero-order chi connectivity index (χ0) is 11.4. The minimum absolute atomic E-state index is 0.0219. The third-order valence-electron chi connectivity index (χ3n) is 2.32. The zero-order valence-corrected chi connectivity index (χ0v) is 10.1. The van der Waals surface area contributed by atoms with Gasteiger partial charge in [-0.3, -0.25) is 5.84 Å². The lowest BCUT2D eigenvalue weighted by Gasteiger charge is -2.16. The maximum absolute atomic E-state index is 6.06. The van der Waals surface area contributed by atoms with Crippen LogP contribution in [-0.4, -0.2) is 0 Å². The summed E-state index contributed by atoms with van der Waals surface area (Å²) in [7, 11) is 0. The van der Waals surface area contributed by atoms with Gasteiger partial charge in [-0.25, -0.2) is 5.43 Å². The Hall–Kier alpha value is -0.830. The molecular formula is C12H17ClN2. The molecule has 0 aliphatic heterocycles. The molecule has 82 valence electrons. The van der Waals surface area contributed by atoms with Crippen LogP contribution >= 0.6 is 11.6 Å². The maximum atomic E-state index is 6.06. The van der Waals surface area contributed by atoms with Gasteiger partial charge < -0.3 is 0 Å². The number of allylic oxidation sites excluding steroid dienone is 1. The van der Waals surface area contributed by atoms with Crippen molar-refractivity contribution in [3.63, 3.8) is 0 Å². The molecule has 0 aliphatic rings. The predicted molar refractivity (Wildman–Crippen MR) is 65.7 cm³/mol. The Labute approximate surface area is 96.1 Å². The largest absolute Gasteiger partial charge is 0.271 e. The van der Waals surface area contributed by atoms with Gasteiger partial charge in [-0.1, -0.05) is 35.4 Å². The summed E-state index contributed by atoms with van der Waals surface area (Å²) in [6, 6.07) is 5.88. The molecule has 1 unspecified atom stereocenters. The van der Waals surface area contributed by atoms with Crippen molar-refractivity contribution >= 4 is 11.6 Å². The van der Waals surface area contributed by atoms with Crippen molar-refractivity contribution in [2.75, 3.05) is 0 Å². The van der Waals surface area contributed by atoms with Gasteiger partial charge in [0.15, 0.2) is 0 Å². The summed E-state index contributed by atoms with van der Waals surface area (Å²) in [5.74, 6) is 5.53. The number of hydrogen-bond donors (Lipinski definition) is 2. The molecule has 0 aliphatic carbocycles. The van der Waals surface area contributed by atoms with Crippen LogP contribution in [0.15, 0.2) is 29.8 Å². The molecule has 0 fully saturated rings. The molecule has 1 aromatic carbocycles. The lowest BCUT2D eigenvalue weighted by Crippen LogP contribution is -2.27. The van der Waals surface area contributed by atoms with Gasteiger partial charge in [-0.15, -0.1) is 0 Å². The lowest BCUT2D eigenvalue weighted by molar-refractivity contribution is 0.648. The molecule has 1 atom stereocenters. The normalized spacial score (nSPS) is 12.3. The van der Waals surface area contributed by atoms with Gasteiger partial charge in [0.25, 0.3) is 0 Å². The molecule has 0 bridgehead atoms. The van der Waals surface area contributed by atoms with Crippen molar-refractivity contribution < 1.29 is 0 Å². The number of halogens is 1. The highest BCUT2D eigenvalue weighted by atomic mass is 35.5. The van der Waals surface area contributed by atoms with Gasteiger partial charge in [0.1, 0.15) is 0 Å². The fourth-order valence-corrected chi connectivity index (χ4v) is 1.70. The summed E-state index contributed by atoms with van der Waals surface area (Å²) in [5, 5.41) is 0.773. The number of hydrogen-bond acceptors (Lipinski definition) is 2. The monoisotopic (exact) mass is 224 g/mol. The molecule has 0 aromatic heterocycles. The molecule has 0 saturated carbocycles. The number of rotatable bonds is 3. The Morgan fingerprint density at radius 3 is 2.67 bits per heavy atom. The van der Waals surface area contributed by atoms with Gasteiger partial charge in [0, 0.05) is 5.02 Å². The molecule has 2 nitrogen and oxygen atoms in total. The van der Waals surface area contributed by atoms with Crippen molar-refractivity contribution in [3.05, 3.63) is 46.0 Å². The molecule has 15 heavy (non-hydrogen) atoms.